The molecule has 0 atom stereocenters. The molecule has 2 N–H and O–H groups in total. The van der Waals surface area contributed by atoms with Crippen molar-refractivity contribution >= 4 is 15.7 Å². The summed E-state index contributed by atoms with van der Waals surface area (Å²) in [5.41, 5.74) is 0.864. The first-order valence-corrected chi connectivity index (χ1v) is 8.35. The van der Waals surface area contributed by atoms with E-state index in [4.69, 9.17) is 0 Å². The van der Waals surface area contributed by atoms with E-state index in [0.29, 0.717) is 11.4 Å². The maximum absolute atomic E-state index is 12.0. The summed E-state index contributed by atoms with van der Waals surface area (Å²) in [6, 6.07) is 6.89. The summed E-state index contributed by atoms with van der Waals surface area (Å²) in [6.07, 6.45) is 5.50. The number of aromatic nitrogens is 2. The molecule has 6 nitrogen and oxygen atoms in total. The first kappa shape index (κ1) is 14.1. The second-order valence-electron chi connectivity index (χ2n) is 5.23. The van der Waals surface area contributed by atoms with Crippen molar-refractivity contribution in [1.82, 2.24) is 14.3 Å². The van der Waals surface area contributed by atoms with E-state index in [1.165, 1.54) is 0 Å². The Hall–Kier alpha value is -1.86. The van der Waals surface area contributed by atoms with Gasteiger partial charge in [-0.2, -0.15) is 0 Å². The molecule has 21 heavy (non-hydrogen) atoms. The standard InChI is InChI=1S/C14H18N4O2S/c1-18-9-8-15-14(18)10-16-11-4-6-13(7-5-11)21(19,20)17-12-2-3-12/h4-9,12,16-17H,2-3,10H2,1H3. The molecule has 0 spiro atoms. The van der Waals surface area contributed by atoms with E-state index in [-0.39, 0.29) is 6.04 Å². The van der Waals surface area contributed by atoms with Gasteiger partial charge in [0.1, 0.15) is 5.82 Å². The van der Waals surface area contributed by atoms with Gasteiger partial charge in [-0.15, -0.1) is 0 Å². The lowest BCUT2D eigenvalue weighted by Gasteiger charge is -2.09. The molecule has 1 aromatic heterocycles. The predicted molar refractivity (Wildman–Crippen MR) is 80.3 cm³/mol. The molecule has 0 saturated heterocycles. The number of aryl methyl sites for hydroxylation is 1. The molecule has 0 aliphatic heterocycles. The summed E-state index contributed by atoms with van der Waals surface area (Å²) in [5, 5.41) is 3.22. The van der Waals surface area contributed by atoms with Gasteiger partial charge in [-0.25, -0.2) is 18.1 Å². The van der Waals surface area contributed by atoms with Crippen molar-refractivity contribution in [2.75, 3.05) is 5.32 Å². The summed E-state index contributed by atoms with van der Waals surface area (Å²) < 4.78 is 28.7. The number of nitrogens with one attached hydrogen (secondary N) is 2. The zero-order valence-electron chi connectivity index (χ0n) is 11.8. The highest BCUT2D eigenvalue weighted by Gasteiger charge is 2.27. The summed E-state index contributed by atoms with van der Waals surface area (Å²) in [6.45, 7) is 0.593. The number of hydrogen-bond acceptors (Lipinski definition) is 4. The van der Waals surface area contributed by atoms with Gasteiger partial charge >= 0.3 is 0 Å². The number of hydrogen-bond donors (Lipinski definition) is 2. The molecular formula is C14H18N4O2S. The van der Waals surface area contributed by atoms with E-state index in [0.717, 1.165) is 24.4 Å². The second kappa shape index (κ2) is 5.50. The van der Waals surface area contributed by atoms with Crippen LogP contribution in [0.3, 0.4) is 0 Å². The van der Waals surface area contributed by atoms with Crippen LogP contribution in [0.25, 0.3) is 0 Å². The van der Waals surface area contributed by atoms with Gasteiger partial charge in [0.2, 0.25) is 10.0 Å². The van der Waals surface area contributed by atoms with E-state index in [9.17, 15) is 8.42 Å². The molecule has 1 aliphatic carbocycles. The lowest BCUT2D eigenvalue weighted by atomic mass is 10.3. The Labute approximate surface area is 124 Å². The van der Waals surface area contributed by atoms with Crippen LogP contribution >= 0.6 is 0 Å². The van der Waals surface area contributed by atoms with Crippen molar-refractivity contribution in [3.8, 4) is 0 Å². The Morgan fingerprint density at radius 1 is 1.29 bits per heavy atom. The second-order valence-corrected chi connectivity index (χ2v) is 6.94. The topological polar surface area (TPSA) is 76.0 Å². The predicted octanol–water partition coefficient (Wildman–Crippen LogP) is 1.47. The third-order valence-corrected chi connectivity index (χ3v) is 4.97. The molecule has 1 heterocycles. The smallest absolute Gasteiger partial charge is 0.240 e. The van der Waals surface area contributed by atoms with Crippen LogP contribution in [0, 0.1) is 0 Å². The van der Waals surface area contributed by atoms with E-state index in [1.54, 1.807) is 30.5 Å². The molecular weight excluding hydrogens is 288 g/mol. The lowest BCUT2D eigenvalue weighted by molar-refractivity contribution is 0.581. The highest BCUT2D eigenvalue weighted by atomic mass is 32.2. The molecule has 0 unspecified atom stereocenters. The number of anilines is 1. The highest BCUT2D eigenvalue weighted by molar-refractivity contribution is 7.89. The number of rotatable bonds is 6. The third kappa shape index (κ3) is 3.43. The van der Waals surface area contributed by atoms with E-state index in [2.05, 4.69) is 15.0 Å². The minimum atomic E-state index is -3.37. The van der Waals surface area contributed by atoms with Gasteiger partial charge < -0.3 is 9.88 Å². The maximum Gasteiger partial charge on any atom is 0.240 e. The Balaban J connectivity index is 1.65. The van der Waals surface area contributed by atoms with Crippen LogP contribution in [-0.4, -0.2) is 24.0 Å². The first-order valence-electron chi connectivity index (χ1n) is 6.87. The van der Waals surface area contributed by atoms with Crippen LogP contribution in [-0.2, 0) is 23.6 Å². The van der Waals surface area contributed by atoms with Crippen LogP contribution in [0.1, 0.15) is 18.7 Å². The van der Waals surface area contributed by atoms with Gasteiger partial charge in [0.05, 0.1) is 11.4 Å². The lowest BCUT2D eigenvalue weighted by Crippen LogP contribution is -2.25. The number of sulfonamides is 1. The van der Waals surface area contributed by atoms with Crippen molar-refractivity contribution < 1.29 is 8.42 Å². The molecule has 1 aliphatic rings. The summed E-state index contributed by atoms with van der Waals surface area (Å²) in [5.74, 6) is 0.919. The van der Waals surface area contributed by atoms with Gasteiger partial charge in [0.15, 0.2) is 0 Å². The summed E-state index contributed by atoms with van der Waals surface area (Å²) in [7, 11) is -1.44. The van der Waals surface area contributed by atoms with Crippen molar-refractivity contribution in [3.63, 3.8) is 0 Å². The normalized spacial score (nSPS) is 15.1. The maximum atomic E-state index is 12.0. The fourth-order valence-electron chi connectivity index (χ4n) is 1.99. The third-order valence-electron chi connectivity index (χ3n) is 3.44. The van der Waals surface area contributed by atoms with E-state index >= 15 is 0 Å². The molecule has 1 aromatic carbocycles. The van der Waals surface area contributed by atoms with Crippen LogP contribution in [0.15, 0.2) is 41.6 Å². The van der Waals surface area contributed by atoms with Crippen molar-refractivity contribution in [2.24, 2.45) is 7.05 Å². The van der Waals surface area contributed by atoms with Crippen LogP contribution in [0.4, 0.5) is 5.69 Å². The highest BCUT2D eigenvalue weighted by Crippen LogP contribution is 2.22. The number of imidazole rings is 1. The Morgan fingerprint density at radius 3 is 2.57 bits per heavy atom. The molecule has 0 bridgehead atoms. The Bertz CT molecular complexity index is 718. The minimum absolute atomic E-state index is 0.121. The molecule has 0 amide bonds. The van der Waals surface area contributed by atoms with Crippen LogP contribution in [0.5, 0.6) is 0 Å². The zero-order chi connectivity index (χ0) is 14.9. The van der Waals surface area contributed by atoms with Crippen LogP contribution in [0.2, 0.25) is 0 Å². The molecule has 2 aromatic rings. The van der Waals surface area contributed by atoms with Gasteiger partial charge in [-0.1, -0.05) is 0 Å². The van der Waals surface area contributed by atoms with Gasteiger partial charge in [0.25, 0.3) is 0 Å². The van der Waals surface area contributed by atoms with Gasteiger partial charge in [-0.3, -0.25) is 0 Å². The quantitative estimate of drug-likeness (QED) is 0.847. The minimum Gasteiger partial charge on any atom is -0.378 e. The zero-order valence-corrected chi connectivity index (χ0v) is 12.6. The van der Waals surface area contributed by atoms with Crippen molar-refractivity contribution in [2.45, 2.75) is 30.3 Å². The summed E-state index contributed by atoms with van der Waals surface area (Å²) >= 11 is 0. The Kier molecular flexibility index (Phi) is 3.69. The van der Waals surface area contributed by atoms with Gasteiger partial charge in [0, 0.05) is 31.2 Å². The van der Waals surface area contributed by atoms with Crippen LogP contribution < -0.4 is 10.0 Å². The average molecular weight is 306 g/mol. The van der Waals surface area contributed by atoms with Crippen molar-refractivity contribution in [1.29, 1.82) is 0 Å². The molecule has 1 saturated carbocycles. The Morgan fingerprint density at radius 2 is 2.00 bits per heavy atom. The van der Waals surface area contributed by atoms with E-state index in [1.807, 2.05) is 17.8 Å². The molecule has 7 heteroatoms. The fraction of sp³-hybridized carbons (Fsp3) is 0.357. The number of nitrogens with zero attached hydrogens (tertiary/aromatic N) is 2. The number of benzene rings is 1. The molecule has 1 fully saturated rings. The monoisotopic (exact) mass is 306 g/mol. The first-order chi connectivity index (χ1) is 10.0. The SMILES string of the molecule is Cn1ccnc1CNc1ccc(S(=O)(=O)NC2CC2)cc1. The molecule has 112 valence electrons. The molecule has 3 rings (SSSR count). The average Bonchev–Trinajstić information content (AvgIpc) is 3.16. The largest absolute Gasteiger partial charge is 0.378 e. The molecule has 0 radical (unpaired) electrons. The van der Waals surface area contributed by atoms with Crippen molar-refractivity contribution in [3.05, 3.63) is 42.5 Å². The van der Waals surface area contributed by atoms with E-state index < -0.39 is 10.0 Å². The van der Waals surface area contributed by atoms with Gasteiger partial charge in [-0.05, 0) is 37.1 Å². The fourth-order valence-corrected chi connectivity index (χ4v) is 3.29. The summed E-state index contributed by atoms with van der Waals surface area (Å²) in [4.78, 5) is 4.52.